The second kappa shape index (κ2) is 4.86. The van der Waals surface area contributed by atoms with Gasteiger partial charge in [0.2, 0.25) is 0 Å². The minimum Gasteiger partial charge on any atom is -0.353 e. The summed E-state index contributed by atoms with van der Waals surface area (Å²) in [6.07, 6.45) is 0. The predicted octanol–water partition coefficient (Wildman–Crippen LogP) is 6.14. The van der Waals surface area contributed by atoms with Crippen LogP contribution in [-0.4, -0.2) is 0 Å². The zero-order valence-electron chi connectivity index (χ0n) is 15.2. The molecule has 4 rings (SSSR count). The Morgan fingerprint density at radius 1 is 0.708 bits per heavy atom. The van der Waals surface area contributed by atoms with Crippen molar-refractivity contribution in [2.75, 3.05) is 4.90 Å². The Balaban J connectivity index is 2.12. The summed E-state index contributed by atoms with van der Waals surface area (Å²) >= 11 is 0. The number of hydrogen-bond donors (Lipinski definition) is 0. The van der Waals surface area contributed by atoms with Crippen LogP contribution in [0.1, 0.15) is 44.4 Å². The van der Waals surface area contributed by atoms with Crippen molar-refractivity contribution in [3.05, 3.63) is 77.4 Å². The van der Waals surface area contributed by atoms with E-state index >= 15 is 0 Å². The van der Waals surface area contributed by atoms with Gasteiger partial charge in [0.1, 0.15) is 0 Å². The predicted molar refractivity (Wildman–Crippen MR) is 104 cm³/mol. The van der Waals surface area contributed by atoms with Crippen molar-refractivity contribution in [2.45, 2.75) is 45.7 Å². The summed E-state index contributed by atoms with van der Waals surface area (Å²) in [4.78, 5) is 2.58. The molecule has 0 bridgehead atoms. The van der Waals surface area contributed by atoms with E-state index in [1.54, 1.807) is 0 Å². The third kappa shape index (κ3) is 1.94. The quantitative estimate of drug-likeness (QED) is 0.521. The van der Waals surface area contributed by atoms with Gasteiger partial charge in [-0.25, -0.2) is 0 Å². The molecule has 0 saturated carbocycles. The van der Waals surface area contributed by atoms with Gasteiger partial charge in [-0.15, -0.1) is 0 Å². The monoisotopic (exact) mass is 315 g/mol. The molecule has 0 spiro atoms. The van der Waals surface area contributed by atoms with Gasteiger partial charge in [-0.2, -0.15) is 0 Å². The zero-order chi connectivity index (χ0) is 17.1. The van der Waals surface area contributed by atoms with Crippen LogP contribution >= 0.6 is 0 Å². The van der Waals surface area contributed by atoms with Crippen molar-refractivity contribution < 1.29 is 0 Å². The van der Waals surface area contributed by atoms with E-state index < -0.39 is 0 Å². The normalized spacial score (nSPS) is 18.0. The van der Waals surface area contributed by atoms with Crippen LogP contribution in [-0.2, 0) is 11.1 Å². The second-order valence-corrected chi connectivity index (χ2v) is 8.01. The first-order valence-electron chi connectivity index (χ1n) is 8.73. The van der Waals surface area contributed by atoms with E-state index in [1.165, 1.54) is 33.2 Å². The largest absolute Gasteiger partial charge is 0.353 e. The first-order chi connectivity index (χ1) is 11.3. The number of rotatable bonds is 1. The van der Waals surface area contributed by atoms with Crippen LogP contribution in [0.15, 0.2) is 60.7 Å². The third-order valence-corrected chi connectivity index (χ3v) is 5.57. The number of para-hydroxylation sites is 1. The highest BCUT2D eigenvalue weighted by molar-refractivity contribution is 5.93. The summed E-state index contributed by atoms with van der Waals surface area (Å²) in [7, 11) is 0. The van der Waals surface area contributed by atoms with Gasteiger partial charge in [-0.05, 0) is 68.7 Å². The Morgan fingerprint density at radius 3 is 2.08 bits per heavy atom. The van der Waals surface area contributed by atoms with Gasteiger partial charge in [-0.3, -0.25) is 0 Å². The minimum absolute atomic E-state index is 0.0768. The van der Waals surface area contributed by atoms with Gasteiger partial charge in [-0.1, -0.05) is 54.1 Å². The summed E-state index contributed by atoms with van der Waals surface area (Å²) < 4.78 is 0. The molecular formula is C23H25N. The van der Waals surface area contributed by atoms with Gasteiger partial charge < -0.3 is 4.90 Å². The number of benzene rings is 3. The average molecular weight is 315 g/mol. The molecule has 1 heteroatoms. The van der Waals surface area contributed by atoms with Crippen LogP contribution in [0.2, 0.25) is 0 Å². The Labute approximate surface area is 144 Å². The summed E-state index contributed by atoms with van der Waals surface area (Å²) in [6, 6.07) is 22.2. The van der Waals surface area contributed by atoms with Crippen molar-refractivity contribution >= 4 is 16.5 Å². The maximum Gasteiger partial charge on any atom is 0.0612 e. The maximum absolute atomic E-state index is 2.58. The van der Waals surface area contributed by atoms with Crippen LogP contribution in [0.25, 0.3) is 10.8 Å². The minimum atomic E-state index is -0.0799. The lowest BCUT2D eigenvalue weighted by Gasteiger charge is -2.55. The molecule has 0 radical (unpaired) electrons. The van der Waals surface area contributed by atoms with Crippen LogP contribution in [0, 0.1) is 6.92 Å². The molecule has 1 aliphatic rings. The summed E-state index contributed by atoms with van der Waals surface area (Å²) in [5.41, 5.74) is 5.29. The van der Waals surface area contributed by atoms with Gasteiger partial charge >= 0.3 is 0 Å². The zero-order valence-corrected chi connectivity index (χ0v) is 15.2. The molecule has 3 aromatic rings. The molecule has 3 aromatic carbocycles. The van der Waals surface area contributed by atoms with Crippen molar-refractivity contribution in [1.29, 1.82) is 0 Å². The Kier molecular flexibility index (Phi) is 3.09. The molecule has 1 nitrogen and oxygen atoms in total. The van der Waals surface area contributed by atoms with E-state index in [2.05, 4.69) is 100 Å². The van der Waals surface area contributed by atoms with E-state index in [9.17, 15) is 0 Å². The summed E-state index contributed by atoms with van der Waals surface area (Å²) in [6.45, 7) is 11.6. The molecule has 0 saturated heterocycles. The molecule has 0 N–H and O–H groups in total. The standard InChI is InChI=1S/C23H25N/c1-16-14-17-10-9-13-19-21(17)20(15-16)23(4,5)24(22(19,2)3)18-11-7-6-8-12-18/h6-15H,1-5H3. The fraction of sp³-hybridized carbons (Fsp3) is 0.304. The fourth-order valence-electron chi connectivity index (χ4n) is 4.73. The topological polar surface area (TPSA) is 3.24 Å². The van der Waals surface area contributed by atoms with Gasteiger partial charge in [0.05, 0.1) is 11.1 Å². The highest BCUT2D eigenvalue weighted by Gasteiger charge is 2.45. The molecule has 0 amide bonds. The smallest absolute Gasteiger partial charge is 0.0612 e. The highest BCUT2D eigenvalue weighted by Crippen LogP contribution is 2.51. The van der Waals surface area contributed by atoms with E-state index in [0.717, 1.165) is 0 Å². The van der Waals surface area contributed by atoms with E-state index in [4.69, 9.17) is 0 Å². The summed E-state index contributed by atoms with van der Waals surface area (Å²) in [5.74, 6) is 0. The number of anilines is 1. The molecule has 0 aromatic heterocycles. The number of nitrogens with zero attached hydrogens (tertiary/aromatic N) is 1. The molecule has 0 aliphatic carbocycles. The van der Waals surface area contributed by atoms with Gasteiger partial charge in [0, 0.05) is 5.69 Å². The van der Waals surface area contributed by atoms with Gasteiger partial charge in [0.25, 0.3) is 0 Å². The lowest BCUT2D eigenvalue weighted by atomic mass is 9.73. The molecule has 0 atom stereocenters. The molecule has 122 valence electrons. The fourth-order valence-corrected chi connectivity index (χ4v) is 4.73. The van der Waals surface area contributed by atoms with Crippen LogP contribution in [0.3, 0.4) is 0 Å². The van der Waals surface area contributed by atoms with Crippen molar-refractivity contribution in [2.24, 2.45) is 0 Å². The first kappa shape index (κ1) is 15.3. The SMILES string of the molecule is Cc1cc2c3c(cccc3c1)C(C)(C)N(c1ccccc1)C2(C)C. The molecular weight excluding hydrogens is 290 g/mol. The van der Waals surface area contributed by atoms with E-state index in [1.807, 2.05) is 0 Å². The molecule has 1 aliphatic heterocycles. The first-order valence-corrected chi connectivity index (χ1v) is 8.73. The second-order valence-electron chi connectivity index (χ2n) is 8.01. The lowest BCUT2D eigenvalue weighted by molar-refractivity contribution is 0.342. The summed E-state index contributed by atoms with van der Waals surface area (Å²) in [5, 5.41) is 2.79. The van der Waals surface area contributed by atoms with Crippen molar-refractivity contribution in [1.82, 2.24) is 0 Å². The Bertz CT molecular complexity index is 919. The maximum atomic E-state index is 2.58. The lowest BCUT2D eigenvalue weighted by Crippen LogP contribution is -2.55. The van der Waals surface area contributed by atoms with Crippen LogP contribution in [0.4, 0.5) is 5.69 Å². The molecule has 1 heterocycles. The highest BCUT2D eigenvalue weighted by atomic mass is 15.3. The molecule has 24 heavy (non-hydrogen) atoms. The van der Waals surface area contributed by atoms with Crippen LogP contribution < -0.4 is 4.90 Å². The van der Waals surface area contributed by atoms with E-state index in [-0.39, 0.29) is 11.1 Å². The Morgan fingerprint density at radius 2 is 1.38 bits per heavy atom. The van der Waals surface area contributed by atoms with Gasteiger partial charge in [0.15, 0.2) is 0 Å². The third-order valence-electron chi connectivity index (χ3n) is 5.57. The Hall–Kier alpha value is -2.28. The molecule has 0 unspecified atom stereocenters. The number of hydrogen-bond acceptors (Lipinski definition) is 1. The molecule has 0 fully saturated rings. The van der Waals surface area contributed by atoms with Crippen molar-refractivity contribution in [3.63, 3.8) is 0 Å². The number of aryl methyl sites for hydroxylation is 1. The van der Waals surface area contributed by atoms with Crippen LogP contribution in [0.5, 0.6) is 0 Å². The van der Waals surface area contributed by atoms with E-state index in [0.29, 0.717) is 0 Å². The van der Waals surface area contributed by atoms with Crippen molar-refractivity contribution in [3.8, 4) is 0 Å². The average Bonchev–Trinajstić information content (AvgIpc) is 2.53.